The number of hydrogen-bond donors (Lipinski definition) is 1. The molecule has 1 fully saturated rings. The normalized spacial score (nSPS) is 15.9. The van der Waals surface area contributed by atoms with Gasteiger partial charge in [-0.25, -0.2) is 4.68 Å². The van der Waals surface area contributed by atoms with Crippen LogP contribution in [-0.4, -0.2) is 47.4 Å². The first-order chi connectivity index (χ1) is 15.7. The number of carbonyl (C=O) groups excluding carboxylic acids is 1. The van der Waals surface area contributed by atoms with Crippen molar-refractivity contribution in [1.82, 2.24) is 20.0 Å². The van der Waals surface area contributed by atoms with Gasteiger partial charge in [-0.1, -0.05) is 18.2 Å². The summed E-state index contributed by atoms with van der Waals surface area (Å²) in [4.78, 5) is 14.5. The Labute approximate surface area is 188 Å². The standard InChI is InChI=1S/C25H30N4O3/c1-31-23-7-3-5-19(13-23)15-26-12-11-21-9-10-25(30)28(21)17-20-16-27-29(18-20)22-6-4-8-24(14-22)32-2/h3-8,13-14,16,18,21,26H,9-12,15,17H2,1-2H3/t21-/m1/s1. The Hall–Kier alpha value is -3.32. The van der Waals surface area contributed by atoms with E-state index in [4.69, 9.17) is 9.47 Å². The van der Waals surface area contributed by atoms with E-state index in [1.807, 2.05) is 64.4 Å². The lowest BCUT2D eigenvalue weighted by Crippen LogP contribution is -2.34. The Morgan fingerprint density at radius 3 is 2.66 bits per heavy atom. The van der Waals surface area contributed by atoms with Gasteiger partial charge in [-0.05, 0) is 49.2 Å². The third-order valence-corrected chi connectivity index (χ3v) is 5.88. The van der Waals surface area contributed by atoms with E-state index in [2.05, 4.69) is 16.5 Å². The smallest absolute Gasteiger partial charge is 0.223 e. The zero-order valence-electron chi connectivity index (χ0n) is 18.7. The molecule has 0 aliphatic carbocycles. The van der Waals surface area contributed by atoms with Crippen LogP contribution in [0.5, 0.6) is 11.5 Å². The van der Waals surface area contributed by atoms with E-state index in [0.29, 0.717) is 13.0 Å². The summed E-state index contributed by atoms with van der Waals surface area (Å²) >= 11 is 0. The molecule has 1 saturated heterocycles. The largest absolute Gasteiger partial charge is 0.497 e. The summed E-state index contributed by atoms with van der Waals surface area (Å²) in [5, 5.41) is 7.97. The van der Waals surface area contributed by atoms with E-state index in [9.17, 15) is 4.79 Å². The van der Waals surface area contributed by atoms with Gasteiger partial charge in [0.05, 0.1) is 26.1 Å². The van der Waals surface area contributed by atoms with Gasteiger partial charge in [-0.2, -0.15) is 5.10 Å². The number of amides is 1. The van der Waals surface area contributed by atoms with Crippen molar-refractivity contribution < 1.29 is 14.3 Å². The molecule has 3 aromatic rings. The maximum Gasteiger partial charge on any atom is 0.223 e. The van der Waals surface area contributed by atoms with Crippen molar-refractivity contribution in [3.8, 4) is 17.2 Å². The maximum atomic E-state index is 12.5. The Bertz CT molecular complexity index is 1050. The molecular weight excluding hydrogens is 404 g/mol. The van der Waals surface area contributed by atoms with E-state index in [-0.39, 0.29) is 11.9 Å². The topological polar surface area (TPSA) is 68.6 Å². The predicted octanol–water partition coefficient (Wildman–Crippen LogP) is 3.56. The number of methoxy groups -OCH3 is 2. The molecule has 2 aromatic carbocycles. The van der Waals surface area contributed by atoms with Gasteiger partial charge in [0.15, 0.2) is 0 Å². The van der Waals surface area contributed by atoms with E-state index < -0.39 is 0 Å². The van der Waals surface area contributed by atoms with Crippen molar-refractivity contribution in [1.29, 1.82) is 0 Å². The first-order valence-electron chi connectivity index (χ1n) is 11.0. The SMILES string of the molecule is COc1cccc(CNCC[C@H]2CCC(=O)N2Cc2cnn(-c3cccc(OC)c3)c2)c1. The third kappa shape index (κ3) is 5.29. The molecule has 1 atom stereocenters. The molecule has 1 N–H and O–H groups in total. The zero-order valence-corrected chi connectivity index (χ0v) is 18.7. The van der Waals surface area contributed by atoms with Crippen LogP contribution >= 0.6 is 0 Å². The van der Waals surface area contributed by atoms with Crippen molar-refractivity contribution in [2.45, 2.75) is 38.4 Å². The molecule has 0 radical (unpaired) electrons. The highest BCUT2D eigenvalue weighted by atomic mass is 16.5. The summed E-state index contributed by atoms with van der Waals surface area (Å²) in [6, 6.07) is 16.1. The molecule has 7 heteroatoms. The van der Waals surface area contributed by atoms with Gasteiger partial charge in [-0.3, -0.25) is 4.79 Å². The van der Waals surface area contributed by atoms with Crippen LogP contribution in [-0.2, 0) is 17.9 Å². The minimum atomic E-state index is 0.219. The summed E-state index contributed by atoms with van der Waals surface area (Å²) in [6.45, 7) is 2.23. The number of likely N-dealkylation sites (tertiary alicyclic amines) is 1. The van der Waals surface area contributed by atoms with Crippen LogP contribution < -0.4 is 14.8 Å². The number of hydrogen-bond acceptors (Lipinski definition) is 5. The molecule has 0 spiro atoms. The first-order valence-corrected chi connectivity index (χ1v) is 11.0. The van der Waals surface area contributed by atoms with Crippen LogP contribution in [0.4, 0.5) is 0 Å². The van der Waals surface area contributed by atoms with Gasteiger partial charge in [-0.15, -0.1) is 0 Å². The second-order valence-corrected chi connectivity index (χ2v) is 8.03. The van der Waals surface area contributed by atoms with Gasteiger partial charge >= 0.3 is 0 Å². The molecule has 1 aliphatic heterocycles. The average Bonchev–Trinajstić information content (AvgIpc) is 3.44. The highest BCUT2D eigenvalue weighted by Crippen LogP contribution is 2.24. The van der Waals surface area contributed by atoms with Crippen LogP contribution in [0.15, 0.2) is 60.9 Å². The van der Waals surface area contributed by atoms with Crippen molar-refractivity contribution in [3.63, 3.8) is 0 Å². The molecular formula is C25H30N4O3. The Kier molecular flexibility index (Phi) is 7.07. The molecule has 0 bridgehead atoms. The molecule has 1 amide bonds. The fraction of sp³-hybridized carbons (Fsp3) is 0.360. The summed E-state index contributed by atoms with van der Waals surface area (Å²) in [6.07, 6.45) is 6.27. The Balaban J connectivity index is 1.31. The molecule has 7 nitrogen and oxygen atoms in total. The van der Waals surface area contributed by atoms with Crippen molar-refractivity contribution >= 4 is 5.91 Å². The number of nitrogens with one attached hydrogen (secondary N) is 1. The Morgan fingerprint density at radius 2 is 1.84 bits per heavy atom. The number of nitrogens with zero attached hydrogens (tertiary/aromatic N) is 3. The van der Waals surface area contributed by atoms with Crippen LogP contribution in [0, 0.1) is 0 Å². The molecule has 4 rings (SSSR count). The van der Waals surface area contributed by atoms with Gasteiger partial charge in [0.25, 0.3) is 0 Å². The van der Waals surface area contributed by atoms with E-state index in [1.54, 1.807) is 14.2 Å². The second kappa shape index (κ2) is 10.3. The van der Waals surface area contributed by atoms with E-state index >= 15 is 0 Å². The zero-order chi connectivity index (χ0) is 22.3. The molecule has 0 saturated carbocycles. The third-order valence-electron chi connectivity index (χ3n) is 5.88. The minimum absolute atomic E-state index is 0.219. The molecule has 1 aliphatic rings. The summed E-state index contributed by atoms with van der Waals surface area (Å²) in [5.74, 6) is 1.87. The van der Waals surface area contributed by atoms with Crippen molar-refractivity contribution in [2.75, 3.05) is 20.8 Å². The van der Waals surface area contributed by atoms with Crippen LogP contribution in [0.1, 0.15) is 30.4 Å². The second-order valence-electron chi connectivity index (χ2n) is 8.03. The van der Waals surface area contributed by atoms with Crippen molar-refractivity contribution in [2.24, 2.45) is 0 Å². The van der Waals surface area contributed by atoms with Gasteiger partial charge < -0.3 is 19.7 Å². The van der Waals surface area contributed by atoms with Gasteiger partial charge in [0.1, 0.15) is 11.5 Å². The van der Waals surface area contributed by atoms with Crippen LogP contribution in [0.3, 0.4) is 0 Å². The Morgan fingerprint density at radius 1 is 1.06 bits per heavy atom. The fourth-order valence-electron chi connectivity index (χ4n) is 4.13. The van der Waals surface area contributed by atoms with Crippen LogP contribution in [0.25, 0.3) is 5.69 Å². The highest BCUT2D eigenvalue weighted by Gasteiger charge is 2.30. The average molecular weight is 435 g/mol. The molecule has 0 unspecified atom stereocenters. The summed E-state index contributed by atoms with van der Waals surface area (Å²) in [7, 11) is 3.33. The van der Waals surface area contributed by atoms with E-state index in [1.165, 1.54) is 5.56 Å². The quantitative estimate of drug-likeness (QED) is 0.494. The minimum Gasteiger partial charge on any atom is -0.497 e. The number of rotatable bonds is 10. The van der Waals surface area contributed by atoms with Gasteiger partial charge in [0, 0.05) is 43.4 Å². The lowest BCUT2D eigenvalue weighted by Gasteiger charge is -2.24. The lowest BCUT2D eigenvalue weighted by atomic mass is 10.1. The molecule has 2 heterocycles. The fourth-order valence-corrected chi connectivity index (χ4v) is 4.13. The summed E-state index contributed by atoms with van der Waals surface area (Å²) < 4.78 is 12.4. The lowest BCUT2D eigenvalue weighted by molar-refractivity contribution is -0.129. The summed E-state index contributed by atoms with van der Waals surface area (Å²) in [5.41, 5.74) is 3.15. The van der Waals surface area contributed by atoms with Crippen molar-refractivity contribution in [3.05, 3.63) is 72.1 Å². The monoisotopic (exact) mass is 434 g/mol. The number of carbonyl (C=O) groups is 1. The molecule has 1 aromatic heterocycles. The number of aromatic nitrogens is 2. The predicted molar refractivity (Wildman–Crippen MR) is 123 cm³/mol. The number of benzene rings is 2. The molecule has 32 heavy (non-hydrogen) atoms. The van der Waals surface area contributed by atoms with Gasteiger partial charge in [0.2, 0.25) is 5.91 Å². The van der Waals surface area contributed by atoms with E-state index in [0.717, 1.165) is 48.7 Å². The maximum absolute atomic E-state index is 12.5. The van der Waals surface area contributed by atoms with Crippen LogP contribution in [0.2, 0.25) is 0 Å². The first kappa shape index (κ1) is 21.9. The number of ether oxygens (including phenoxy) is 2. The molecule has 168 valence electrons. The highest BCUT2D eigenvalue weighted by molar-refractivity contribution is 5.78.